The van der Waals surface area contributed by atoms with Crippen molar-refractivity contribution in [2.24, 2.45) is 5.10 Å². The van der Waals surface area contributed by atoms with Crippen LogP contribution in [0.25, 0.3) is 11.3 Å². The van der Waals surface area contributed by atoms with Crippen molar-refractivity contribution in [2.45, 2.75) is 11.8 Å². The third-order valence-corrected chi connectivity index (χ3v) is 7.59. The molecule has 1 amide bonds. The van der Waals surface area contributed by atoms with E-state index in [1.54, 1.807) is 72.8 Å². The summed E-state index contributed by atoms with van der Waals surface area (Å²) in [5, 5.41) is 4.84. The van der Waals surface area contributed by atoms with E-state index in [2.05, 4.69) is 10.5 Å². The lowest BCUT2D eigenvalue weighted by molar-refractivity contribution is -0.119. The minimum absolute atomic E-state index is 0.0501. The Balaban J connectivity index is 1.50. The van der Waals surface area contributed by atoms with Crippen LogP contribution in [0.15, 0.2) is 99.3 Å². The topological polar surface area (TPSA) is 101 Å². The highest BCUT2D eigenvalue weighted by molar-refractivity contribution is 7.92. The molecule has 0 bridgehead atoms. The number of furan rings is 1. The molecular formula is C27H23Cl2N3O5S. The second-order valence-electron chi connectivity index (χ2n) is 7.87. The molecule has 0 fully saturated rings. The van der Waals surface area contributed by atoms with Crippen LogP contribution in [0, 0.1) is 0 Å². The van der Waals surface area contributed by atoms with Gasteiger partial charge in [-0.1, -0.05) is 41.4 Å². The largest absolute Gasteiger partial charge is 0.494 e. The summed E-state index contributed by atoms with van der Waals surface area (Å²) in [6.45, 7) is 1.81. The summed E-state index contributed by atoms with van der Waals surface area (Å²) in [5.41, 5.74) is 3.30. The van der Waals surface area contributed by atoms with Crippen LogP contribution in [0.1, 0.15) is 12.7 Å². The highest BCUT2D eigenvalue weighted by atomic mass is 35.5. The number of nitrogens with zero attached hydrogens (tertiary/aromatic N) is 2. The molecular weight excluding hydrogens is 549 g/mol. The van der Waals surface area contributed by atoms with Crippen molar-refractivity contribution < 1.29 is 22.4 Å². The number of amides is 1. The van der Waals surface area contributed by atoms with Crippen molar-refractivity contribution in [2.75, 3.05) is 17.5 Å². The average molecular weight is 572 g/mol. The van der Waals surface area contributed by atoms with E-state index in [9.17, 15) is 13.2 Å². The minimum atomic E-state index is -4.05. The second kappa shape index (κ2) is 12.2. The SMILES string of the molecule is CCOc1ccc(N(CC(=O)N/N=C\c2ccc(-c3ccc(Cl)cc3Cl)o2)S(=O)(=O)c2ccccc2)cc1. The first-order valence-corrected chi connectivity index (χ1v) is 13.7. The molecule has 0 unspecified atom stereocenters. The number of hydrogen-bond donors (Lipinski definition) is 1. The number of rotatable bonds is 10. The maximum absolute atomic E-state index is 13.4. The summed E-state index contributed by atoms with van der Waals surface area (Å²) < 4.78 is 39.0. The fraction of sp³-hybridized carbons (Fsp3) is 0.111. The predicted molar refractivity (Wildman–Crippen MR) is 148 cm³/mol. The van der Waals surface area contributed by atoms with E-state index in [1.807, 2.05) is 6.92 Å². The molecule has 11 heteroatoms. The van der Waals surface area contributed by atoms with Crippen molar-refractivity contribution in [3.05, 3.63) is 101 Å². The lowest BCUT2D eigenvalue weighted by atomic mass is 10.2. The molecule has 4 aromatic rings. The van der Waals surface area contributed by atoms with Crippen LogP contribution < -0.4 is 14.5 Å². The fourth-order valence-corrected chi connectivity index (χ4v) is 5.44. The molecule has 196 valence electrons. The third kappa shape index (κ3) is 6.55. The van der Waals surface area contributed by atoms with Gasteiger partial charge in [-0.25, -0.2) is 13.8 Å². The molecule has 0 aliphatic rings. The van der Waals surface area contributed by atoms with Crippen molar-refractivity contribution in [3.63, 3.8) is 0 Å². The third-order valence-electron chi connectivity index (χ3n) is 5.26. The van der Waals surface area contributed by atoms with Crippen LogP contribution in [-0.4, -0.2) is 33.7 Å². The Morgan fingerprint density at radius 3 is 2.45 bits per heavy atom. The standard InChI is InChI=1S/C27H23Cl2N3O5S/c1-2-36-21-11-9-20(10-12-21)32(38(34,35)23-6-4-3-5-7-23)18-27(33)31-30-17-22-13-15-26(37-22)24-14-8-19(28)16-25(24)29/h3-17H,2,18H2,1H3,(H,31,33)/b30-17-. The average Bonchev–Trinajstić information content (AvgIpc) is 3.37. The zero-order chi connectivity index (χ0) is 27.1. The number of anilines is 1. The number of sulfonamides is 1. The van der Waals surface area contributed by atoms with Gasteiger partial charge in [0.1, 0.15) is 23.8 Å². The van der Waals surface area contributed by atoms with Crippen molar-refractivity contribution >= 4 is 51.0 Å². The van der Waals surface area contributed by atoms with E-state index in [4.69, 9.17) is 32.4 Å². The first kappa shape index (κ1) is 27.3. The van der Waals surface area contributed by atoms with Gasteiger partial charge in [-0.05, 0) is 73.7 Å². The molecule has 38 heavy (non-hydrogen) atoms. The van der Waals surface area contributed by atoms with E-state index in [1.165, 1.54) is 18.3 Å². The number of halogens is 2. The van der Waals surface area contributed by atoms with Gasteiger partial charge in [0, 0.05) is 10.6 Å². The molecule has 0 spiro atoms. The fourth-order valence-electron chi connectivity index (χ4n) is 3.50. The first-order chi connectivity index (χ1) is 18.3. The summed E-state index contributed by atoms with van der Waals surface area (Å²) in [4.78, 5) is 12.8. The number of benzene rings is 3. The Morgan fingerprint density at radius 1 is 1.03 bits per heavy atom. The summed E-state index contributed by atoms with van der Waals surface area (Å²) in [6.07, 6.45) is 1.30. The maximum Gasteiger partial charge on any atom is 0.264 e. The molecule has 3 aromatic carbocycles. The van der Waals surface area contributed by atoms with E-state index in [0.29, 0.717) is 45.2 Å². The minimum Gasteiger partial charge on any atom is -0.494 e. The normalized spacial score (nSPS) is 11.4. The molecule has 0 aliphatic heterocycles. The van der Waals surface area contributed by atoms with Gasteiger partial charge in [-0.3, -0.25) is 9.10 Å². The molecule has 1 aromatic heterocycles. The van der Waals surface area contributed by atoms with Gasteiger partial charge in [0.15, 0.2) is 0 Å². The number of carbonyl (C=O) groups excluding carboxylic acids is 1. The quantitative estimate of drug-likeness (QED) is 0.186. The maximum atomic E-state index is 13.4. The van der Waals surface area contributed by atoms with Crippen LogP contribution in [0.4, 0.5) is 5.69 Å². The Labute approximate surface area is 230 Å². The van der Waals surface area contributed by atoms with Crippen LogP contribution in [-0.2, 0) is 14.8 Å². The van der Waals surface area contributed by atoms with E-state index >= 15 is 0 Å². The van der Waals surface area contributed by atoms with Crippen LogP contribution in [0.2, 0.25) is 10.0 Å². The zero-order valence-electron chi connectivity index (χ0n) is 20.2. The molecule has 4 rings (SSSR count). The Bertz CT molecular complexity index is 1540. The highest BCUT2D eigenvalue weighted by Crippen LogP contribution is 2.31. The van der Waals surface area contributed by atoms with Gasteiger partial charge in [-0.15, -0.1) is 0 Å². The molecule has 0 atom stereocenters. The summed E-state index contributed by atoms with van der Waals surface area (Å²) in [7, 11) is -4.05. The molecule has 0 radical (unpaired) electrons. The molecule has 1 N–H and O–H groups in total. The lowest BCUT2D eigenvalue weighted by Crippen LogP contribution is -2.39. The van der Waals surface area contributed by atoms with E-state index in [0.717, 1.165) is 4.31 Å². The summed E-state index contributed by atoms with van der Waals surface area (Å²) >= 11 is 12.2. The number of ether oxygens (including phenoxy) is 1. The molecule has 1 heterocycles. The molecule has 8 nitrogen and oxygen atoms in total. The van der Waals surface area contributed by atoms with Crippen molar-refractivity contribution in [1.29, 1.82) is 0 Å². The Hall–Kier alpha value is -3.79. The summed E-state index contributed by atoms with van der Waals surface area (Å²) in [5.74, 6) is 0.781. The molecule has 0 saturated heterocycles. The Morgan fingerprint density at radius 2 is 1.76 bits per heavy atom. The van der Waals surface area contributed by atoms with Crippen LogP contribution in [0.3, 0.4) is 0 Å². The Kier molecular flexibility index (Phi) is 8.73. The summed E-state index contributed by atoms with van der Waals surface area (Å²) in [6, 6.07) is 22.7. The van der Waals surface area contributed by atoms with Gasteiger partial charge in [-0.2, -0.15) is 5.10 Å². The number of hydrogen-bond acceptors (Lipinski definition) is 6. The van der Waals surface area contributed by atoms with Gasteiger partial charge < -0.3 is 9.15 Å². The van der Waals surface area contributed by atoms with E-state index in [-0.39, 0.29) is 4.90 Å². The van der Waals surface area contributed by atoms with Gasteiger partial charge in [0.2, 0.25) is 0 Å². The zero-order valence-corrected chi connectivity index (χ0v) is 22.5. The smallest absolute Gasteiger partial charge is 0.264 e. The van der Waals surface area contributed by atoms with Crippen molar-refractivity contribution in [1.82, 2.24) is 5.43 Å². The predicted octanol–water partition coefficient (Wildman–Crippen LogP) is 6.00. The first-order valence-electron chi connectivity index (χ1n) is 11.5. The highest BCUT2D eigenvalue weighted by Gasteiger charge is 2.27. The van der Waals surface area contributed by atoms with Crippen LogP contribution >= 0.6 is 23.2 Å². The number of hydrazone groups is 1. The second-order valence-corrected chi connectivity index (χ2v) is 10.6. The van der Waals surface area contributed by atoms with Crippen LogP contribution in [0.5, 0.6) is 5.75 Å². The molecule has 0 aliphatic carbocycles. The van der Waals surface area contributed by atoms with Gasteiger partial charge >= 0.3 is 0 Å². The van der Waals surface area contributed by atoms with Gasteiger partial charge in [0.25, 0.3) is 15.9 Å². The molecule has 0 saturated carbocycles. The monoisotopic (exact) mass is 571 g/mol. The van der Waals surface area contributed by atoms with Gasteiger partial charge in [0.05, 0.1) is 28.4 Å². The van der Waals surface area contributed by atoms with Crippen molar-refractivity contribution in [3.8, 4) is 17.1 Å². The lowest BCUT2D eigenvalue weighted by Gasteiger charge is -2.23. The van der Waals surface area contributed by atoms with E-state index < -0.39 is 22.5 Å². The number of nitrogens with one attached hydrogen (secondary N) is 1. The number of carbonyl (C=O) groups is 1.